The molecule has 12 heteroatoms. The monoisotopic (exact) mass is 559 g/mol. The van der Waals surface area contributed by atoms with Gasteiger partial charge in [0.25, 0.3) is 0 Å². The molecule has 0 radical (unpaired) electrons. The van der Waals surface area contributed by atoms with Crippen LogP contribution in [0.15, 0.2) is 24.3 Å². The number of esters is 4. The Hall–Kier alpha value is -2.54. The van der Waals surface area contributed by atoms with Crippen LogP contribution >= 0.6 is 0 Å². The average molecular weight is 560 g/mol. The Morgan fingerprint density at radius 1 is 0.684 bits per heavy atom. The molecule has 0 bridgehead atoms. The molecule has 0 aromatic carbocycles. The molecule has 0 rings (SSSR count). The molecule has 0 amide bonds. The molecule has 218 valence electrons. The first kappa shape index (κ1) is 35.5. The first-order valence-corrected chi connectivity index (χ1v) is 15.4. The Labute approximate surface area is 227 Å². The maximum absolute atomic E-state index is 12.2. The molecule has 0 atom stereocenters. The molecule has 0 aliphatic heterocycles. The van der Waals surface area contributed by atoms with Crippen molar-refractivity contribution in [3.63, 3.8) is 0 Å². The predicted octanol–water partition coefficient (Wildman–Crippen LogP) is 2.93. The summed E-state index contributed by atoms with van der Waals surface area (Å²) in [7, 11) is -2.29. The second-order valence-corrected chi connectivity index (χ2v) is 12.1. The van der Waals surface area contributed by atoms with Gasteiger partial charge in [0.1, 0.15) is 26.4 Å². The molecule has 0 saturated carbocycles. The van der Waals surface area contributed by atoms with Crippen LogP contribution in [-0.4, -0.2) is 96.6 Å². The Morgan fingerprint density at radius 3 is 1.45 bits per heavy atom. The standard InChI is InChI=1S/C26H45NO10Si/c1-8-36-38(7,37-9-2)20-10-13-27(14-11-23(28)32-16-18-34-25(30)21(3)4)15-12-24(29)33-17-19-35-26(31)22(5)6/h3,5,8-20H2,1-2,4,6-7H3. The molecular formula is C26H45NO10Si. The SMILES string of the molecule is C=C(C)C(=O)OCCOC(=O)CCN(CCC[Si](C)(OCC)OCC)CCC(=O)OCCOC(=O)C(=C)C. The topological polar surface area (TPSA) is 127 Å². The number of rotatable bonds is 22. The molecule has 0 aromatic heterocycles. The maximum atomic E-state index is 12.2. The van der Waals surface area contributed by atoms with Crippen molar-refractivity contribution in [1.29, 1.82) is 0 Å². The Bertz CT molecular complexity index is 730. The fourth-order valence-electron chi connectivity index (χ4n) is 3.23. The first-order valence-electron chi connectivity index (χ1n) is 12.9. The van der Waals surface area contributed by atoms with Crippen LogP contribution in [0.5, 0.6) is 0 Å². The second-order valence-electron chi connectivity index (χ2n) is 8.72. The molecule has 0 aliphatic rings. The molecule has 0 unspecified atom stereocenters. The van der Waals surface area contributed by atoms with Gasteiger partial charge in [-0.05, 0) is 53.3 Å². The lowest BCUT2D eigenvalue weighted by atomic mass is 10.3. The summed E-state index contributed by atoms with van der Waals surface area (Å²) in [5.41, 5.74) is 0.539. The van der Waals surface area contributed by atoms with E-state index < -0.39 is 32.4 Å². The molecule has 0 aliphatic carbocycles. The van der Waals surface area contributed by atoms with Crippen LogP contribution in [0.2, 0.25) is 12.6 Å². The highest BCUT2D eigenvalue weighted by Gasteiger charge is 2.30. The van der Waals surface area contributed by atoms with E-state index in [1.165, 1.54) is 13.8 Å². The largest absolute Gasteiger partial charge is 0.462 e. The van der Waals surface area contributed by atoms with E-state index in [1.807, 2.05) is 25.3 Å². The summed E-state index contributed by atoms with van der Waals surface area (Å²) in [6, 6.07) is 0.766. The number of carbonyl (C=O) groups excluding carboxylic acids is 4. The summed E-state index contributed by atoms with van der Waals surface area (Å²) < 4.78 is 31.8. The summed E-state index contributed by atoms with van der Waals surface area (Å²) in [5, 5.41) is 0. The molecule has 0 fully saturated rings. The molecule has 0 spiro atoms. The van der Waals surface area contributed by atoms with Crippen LogP contribution < -0.4 is 0 Å². The van der Waals surface area contributed by atoms with Gasteiger partial charge in [-0.15, -0.1) is 0 Å². The highest BCUT2D eigenvalue weighted by molar-refractivity contribution is 6.66. The highest BCUT2D eigenvalue weighted by Crippen LogP contribution is 2.16. The van der Waals surface area contributed by atoms with Crippen molar-refractivity contribution in [1.82, 2.24) is 4.90 Å². The van der Waals surface area contributed by atoms with E-state index >= 15 is 0 Å². The van der Waals surface area contributed by atoms with E-state index in [9.17, 15) is 19.2 Å². The lowest BCUT2D eigenvalue weighted by Gasteiger charge is -2.28. The molecule has 0 heterocycles. The molecular weight excluding hydrogens is 514 g/mol. The van der Waals surface area contributed by atoms with Crippen molar-refractivity contribution in [2.45, 2.75) is 59.5 Å². The predicted molar refractivity (Wildman–Crippen MR) is 143 cm³/mol. The molecule has 11 nitrogen and oxygen atoms in total. The summed E-state index contributed by atoms with van der Waals surface area (Å²) in [5.74, 6) is -1.96. The number of hydrogen-bond donors (Lipinski definition) is 0. The Balaban J connectivity index is 4.71. The van der Waals surface area contributed by atoms with Gasteiger partial charge in [0, 0.05) is 37.4 Å². The van der Waals surface area contributed by atoms with E-state index in [4.69, 9.17) is 27.8 Å². The number of ether oxygens (including phenoxy) is 4. The quantitative estimate of drug-likeness (QED) is 0.0639. The third-order valence-electron chi connectivity index (χ3n) is 5.12. The summed E-state index contributed by atoms with van der Waals surface area (Å²) >= 11 is 0. The molecule has 0 N–H and O–H groups in total. The molecule has 38 heavy (non-hydrogen) atoms. The van der Waals surface area contributed by atoms with Crippen molar-refractivity contribution >= 4 is 32.4 Å². The zero-order chi connectivity index (χ0) is 29.0. The van der Waals surface area contributed by atoms with Gasteiger partial charge in [0.05, 0.1) is 12.8 Å². The number of carbonyl (C=O) groups is 4. The van der Waals surface area contributed by atoms with E-state index in [1.54, 1.807) is 0 Å². The van der Waals surface area contributed by atoms with E-state index in [-0.39, 0.29) is 50.4 Å². The fraction of sp³-hybridized carbons (Fsp3) is 0.692. The van der Waals surface area contributed by atoms with Crippen molar-refractivity contribution in [3.05, 3.63) is 24.3 Å². The van der Waals surface area contributed by atoms with Crippen molar-refractivity contribution in [2.24, 2.45) is 0 Å². The maximum Gasteiger partial charge on any atom is 0.334 e. The third-order valence-corrected chi connectivity index (χ3v) is 8.19. The average Bonchev–Trinajstić information content (AvgIpc) is 2.85. The van der Waals surface area contributed by atoms with Gasteiger partial charge >= 0.3 is 32.4 Å². The number of nitrogens with zero attached hydrogens (tertiary/aromatic N) is 1. The van der Waals surface area contributed by atoms with Gasteiger partial charge in [0.2, 0.25) is 0 Å². The lowest BCUT2D eigenvalue weighted by molar-refractivity contribution is -0.151. The normalized spacial score (nSPS) is 11.1. The van der Waals surface area contributed by atoms with Gasteiger partial charge in [-0.1, -0.05) is 13.2 Å². The van der Waals surface area contributed by atoms with Crippen molar-refractivity contribution < 1.29 is 47.0 Å². The minimum atomic E-state index is -2.29. The van der Waals surface area contributed by atoms with Gasteiger partial charge in [-0.25, -0.2) is 9.59 Å². The number of hydrogen-bond acceptors (Lipinski definition) is 11. The zero-order valence-electron chi connectivity index (χ0n) is 23.6. The highest BCUT2D eigenvalue weighted by atomic mass is 28.4. The smallest absolute Gasteiger partial charge is 0.334 e. The summed E-state index contributed by atoms with van der Waals surface area (Å²) in [4.78, 5) is 49.1. The molecule has 0 aromatic rings. The zero-order valence-corrected chi connectivity index (χ0v) is 24.6. The fourth-order valence-corrected chi connectivity index (χ4v) is 5.62. The molecule has 0 saturated heterocycles. The van der Waals surface area contributed by atoms with E-state index in [0.717, 1.165) is 12.5 Å². The minimum Gasteiger partial charge on any atom is -0.462 e. The lowest BCUT2D eigenvalue weighted by Crippen LogP contribution is -2.40. The summed E-state index contributed by atoms with van der Waals surface area (Å²) in [6.07, 6.45) is 0.971. The van der Waals surface area contributed by atoms with Crippen LogP contribution in [0, 0.1) is 0 Å². The van der Waals surface area contributed by atoms with Gasteiger partial charge in [-0.2, -0.15) is 0 Å². The van der Waals surface area contributed by atoms with Gasteiger partial charge in [-0.3, -0.25) is 9.59 Å². The third kappa shape index (κ3) is 17.8. The second kappa shape index (κ2) is 20.4. The van der Waals surface area contributed by atoms with Crippen LogP contribution in [0.25, 0.3) is 0 Å². The summed E-state index contributed by atoms with van der Waals surface area (Å²) in [6.45, 7) is 18.3. The van der Waals surface area contributed by atoms with Gasteiger partial charge < -0.3 is 32.7 Å². The van der Waals surface area contributed by atoms with Crippen LogP contribution in [0.3, 0.4) is 0 Å². The van der Waals surface area contributed by atoms with Crippen LogP contribution in [0.4, 0.5) is 0 Å². The Morgan fingerprint density at radius 2 is 1.08 bits per heavy atom. The first-order chi connectivity index (χ1) is 17.9. The van der Waals surface area contributed by atoms with Crippen molar-refractivity contribution in [3.8, 4) is 0 Å². The van der Waals surface area contributed by atoms with E-state index in [0.29, 0.717) is 32.8 Å². The minimum absolute atomic E-state index is 0.0488. The van der Waals surface area contributed by atoms with Crippen LogP contribution in [-0.2, 0) is 47.0 Å². The van der Waals surface area contributed by atoms with E-state index in [2.05, 4.69) is 13.2 Å². The van der Waals surface area contributed by atoms with Crippen LogP contribution in [0.1, 0.15) is 47.0 Å². The van der Waals surface area contributed by atoms with Crippen molar-refractivity contribution in [2.75, 3.05) is 59.3 Å². The van der Waals surface area contributed by atoms with Gasteiger partial charge in [0.15, 0.2) is 0 Å². The Kier molecular flexibility index (Phi) is 19.1.